The molecule has 5 heteroatoms. The number of pyridine rings is 1. The number of amides is 1. The summed E-state index contributed by atoms with van der Waals surface area (Å²) in [5, 5.41) is 13.8. The SMILES string of the molecule is O=C(C[C@H]1CCCO1)NC1CCC(O)(c2cccnc2)CC1. The van der Waals surface area contributed by atoms with Crippen LogP contribution in [-0.2, 0) is 15.1 Å². The van der Waals surface area contributed by atoms with Gasteiger partial charge in [0.2, 0.25) is 5.91 Å². The summed E-state index contributed by atoms with van der Waals surface area (Å²) in [6.45, 7) is 0.777. The second-order valence-electron chi connectivity index (χ2n) is 6.45. The second kappa shape index (κ2) is 6.75. The molecule has 2 N–H and O–H groups in total. The average molecular weight is 304 g/mol. The molecule has 2 fully saturated rings. The van der Waals surface area contributed by atoms with Gasteiger partial charge in [0.05, 0.1) is 18.1 Å². The zero-order valence-electron chi connectivity index (χ0n) is 12.8. The highest BCUT2D eigenvalue weighted by atomic mass is 16.5. The van der Waals surface area contributed by atoms with Crippen molar-refractivity contribution in [3.8, 4) is 0 Å². The van der Waals surface area contributed by atoms with E-state index in [0.717, 1.165) is 37.9 Å². The van der Waals surface area contributed by atoms with E-state index in [2.05, 4.69) is 10.3 Å². The van der Waals surface area contributed by atoms with E-state index in [9.17, 15) is 9.90 Å². The Morgan fingerprint density at radius 1 is 1.41 bits per heavy atom. The van der Waals surface area contributed by atoms with Crippen molar-refractivity contribution >= 4 is 5.91 Å². The van der Waals surface area contributed by atoms with Crippen LogP contribution in [0.3, 0.4) is 0 Å². The predicted molar refractivity (Wildman–Crippen MR) is 82.1 cm³/mol. The number of nitrogens with one attached hydrogen (secondary N) is 1. The zero-order valence-corrected chi connectivity index (χ0v) is 12.8. The Morgan fingerprint density at radius 3 is 2.86 bits per heavy atom. The molecule has 1 saturated heterocycles. The molecule has 1 atom stereocenters. The van der Waals surface area contributed by atoms with Crippen LogP contribution in [0.15, 0.2) is 24.5 Å². The number of aliphatic hydroxyl groups is 1. The van der Waals surface area contributed by atoms with Gasteiger partial charge in [-0.3, -0.25) is 9.78 Å². The lowest BCUT2D eigenvalue weighted by molar-refractivity contribution is -0.124. The molecule has 3 rings (SSSR count). The second-order valence-corrected chi connectivity index (χ2v) is 6.45. The summed E-state index contributed by atoms with van der Waals surface area (Å²) in [6, 6.07) is 3.93. The first-order valence-corrected chi connectivity index (χ1v) is 8.19. The monoisotopic (exact) mass is 304 g/mol. The van der Waals surface area contributed by atoms with Gasteiger partial charge in [0.1, 0.15) is 0 Å². The van der Waals surface area contributed by atoms with Crippen molar-refractivity contribution < 1.29 is 14.6 Å². The molecule has 0 bridgehead atoms. The third-order valence-electron chi connectivity index (χ3n) is 4.81. The largest absolute Gasteiger partial charge is 0.385 e. The summed E-state index contributed by atoms with van der Waals surface area (Å²) in [6.07, 6.45) is 8.94. The van der Waals surface area contributed by atoms with Crippen LogP contribution in [-0.4, -0.2) is 34.8 Å². The van der Waals surface area contributed by atoms with E-state index in [0.29, 0.717) is 19.3 Å². The molecule has 0 aromatic carbocycles. The Kier molecular flexibility index (Phi) is 4.74. The summed E-state index contributed by atoms with van der Waals surface area (Å²) in [7, 11) is 0. The van der Waals surface area contributed by atoms with E-state index < -0.39 is 5.60 Å². The van der Waals surface area contributed by atoms with Crippen LogP contribution < -0.4 is 5.32 Å². The number of carbonyl (C=O) groups is 1. The number of hydrogen-bond donors (Lipinski definition) is 2. The Balaban J connectivity index is 1.48. The van der Waals surface area contributed by atoms with E-state index in [4.69, 9.17) is 4.74 Å². The number of hydrogen-bond acceptors (Lipinski definition) is 4. The van der Waals surface area contributed by atoms with Crippen LogP contribution in [0.4, 0.5) is 0 Å². The van der Waals surface area contributed by atoms with Crippen LogP contribution in [0.2, 0.25) is 0 Å². The van der Waals surface area contributed by atoms with E-state index >= 15 is 0 Å². The van der Waals surface area contributed by atoms with Gasteiger partial charge in [-0.2, -0.15) is 0 Å². The van der Waals surface area contributed by atoms with Gasteiger partial charge in [0.25, 0.3) is 0 Å². The van der Waals surface area contributed by atoms with Gasteiger partial charge >= 0.3 is 0 Å². The Hall–Kier alpha value is -1.46. The van der Waals surface area contributed by atoms with Crippen molar-refractivity contribution in [1.29, 1.82) is 0 Å². The highest BCUT2D eigenvalue weighted by molar-refractivity contribution is 5.76. The maximum atomic E-state index is 12.0. The fourth-order valence-electron chi connectivity index (χ4n) is 3.47. The zero-order chi connectivity index (χ0) is 15.4. The van der Waals surface area contributed by atoms with Crippen molar-refractivity contribution in [3.63, 3.8) is 0 Å². The summed E-state index contributed by atoms with van der Waals surface area (Å²) in [4.78, 5) is 16.1. The summed E-state index contributed by atoms with van der Waals surface area (Å²) in [5.74, 6) is 0.0729. The van der Waals surface area contributed by atoms with Crippen molar-refractivity contribution in [1.82, 2.24) is 10.3 Å². The third-order valence-corrected chi connectivity index (χ3v) is 4.81. The highest BCUT2D eigenvalue weighted by Crippen LogP contribution is 2.36. The molecule has 22 heavy (non-hydrogen) atoms. The highest BCUT2D eigenvalue weighted by Gasteiger charge is 2.35. The minimum absolute atomic E-state index is 0.0729. The van der Waals surface area contributed by atoms with Gasteiger partial charge in [-0.05, 0) is 44.6 Å². The van der Waals surface area contributed by atoms with E-state index in [1.54, 1.807) is 12.4 Å². The minimum atomic E-state index is -0.802. The van der Waals surface area contributed by atoms with Crippen LogP contribution in [0.25, 0.3) is 0 Å². The Labute approximate surface area is 131 Å². The van der Waals surface area contributed by atoms with Crippen molar-refractivity contribution in [3.05, 3.63) is 30.1 Å². The molecule has 1 saturated carbocycles. The lowest BCUT2D eigenvalue weighted by Gasteiger charge is -2.36. The van der Waals surface area contributed by atoms with Gasteiger partial charge in [-0.25, -0.2) is 0 Å². The minimum Gasteiger partial charge on any atom is -0.385 e. The third kappa shape index (κ3) is 3.65. The molecule has 0 unspecified atom stereocenters. The smallest absolute Gasteiger partial charge is 0.222 e. The number of aromatic nitrogens is 1. The van der Waals surface area contributed by atoms with Crippen molar-refractivity contribution in [2.75, 3.05) is 6.61 Å². The number of nitrogens with zero attached hydrogens (tertiary/aromatic N) is 1. The molecule has 0 radical (unpaired) electrons. The van der Waals surface area contributed by atoms with E-state index in [1.165, 1.54) is 0 Å². The van der Waals surface area contributed by atoms with Crippen LogP contribution in [0, 0.1) is 0 Å². The van der Waals surface area contributed by atoms with Gasteiger partial charge < -0.3 is 15.2 Å². The van der Waals surface area contributed by atoms with Gasteiger partial charge in [0, 0.05) is 30.6 Å². The maximum absolute atomic E-state index is 12.0. The Morgan fingerprint density at radius 2 is 2.23 bits per heavy atom. The molecule has 1 amide bonds. The Bertz CT molecular complexity index is 492. The molecule has 2 aliphatic rings. The number of ether oxygens (including phenoxy) is 1. The molecule has 0 spiro atoms. The van der Waals surface area contributed by atoms with Crippen molar-refractivity contribution in [2.24, 2.45) is 0 Å². The first-order chi connectivity index (χ1) is 10.7. The molecule has 2 heterocycles. The van der Waals surface area contributed by atoms with Crippen LogP contribution >= 0.6 is 0 Å². The lowest BCUT2D eigenvalue weighted by Crippen LogP contribution is -2.43. The van der Waals surface area contributed by atoms with Crippen molar-refractivity contribution in [2.45, 2.75) is 62.7 Å². The van der Waals surface area contributed by atoms with Gasteiger partial charge in [-0.1, -0.05) is 6.07 Å². The first kappa shape index (κ1) is 15.4. The molecule has 120 valence electrons. The van der Waals surface area contributed by atoms with E-state index in [1.807, 2.05) is 12.1 Å². The predicted octanol–water partition coefficient (Wildman–Crippen LogP) is 1.90. The summed E-state index contributed by atoms with van der Waals surface area (Å²) < 4.78 is 5.50. The van der Waals surface area contributed by atoms with Gasteiger partial charge in [-0.15, -0.1) is 0 Å². The molecular formula is C17H24N2O3. The molecule has 1 aromatic heterocycles. The lowest BCUT2D eigenvalue weighted by atomic mass is 9.78. The van der Waals surface area contributed by atoms with Crippen LogP contribution in [0.1, 0.15) is 50.5 Å². The first-order valence-electron chi connectivity index (χ1n) is 8.19. The average Bonchev–Trinajstić information content (AvgIpc) is 3.03. The summed E-state index contributed by atoms with van der Waals surface area (Å²) >= 11 is 0. The van der Waals surface area contributed by atoms with Crippen LogP contribution in [0.5, 0.6) is 0 Å². The maximum Gasteiger partial charge on any atom is 0.222 e. The topological polar surface area (TPSA) is 71.5 Å². The molecule has 1 aromatic rings. The molecular weight excluding hydrogens is 280 g/mol. The standard InChI is InChI=1S/C17H24N2O3/c20-16(11-15-4-2-10-22-15)19-14-5-7-17(21,8-6-14)13-3-1-9-18-12-13/h1,3,9,12,14-15,21H,2,4-8,10-11H2,(H,19,20)/t14?,15-,17?/m1/s1. The fourth-order valence-corrected chi connectivity index (χ4v) is 3.47. The number of carbonyl (C=O) groups excluding carboxylic acids is 1. The summed E-state index contributed by atoms with van der Waals surface area (Å²) in [5.41, 5.74) is 0.0727. The normalized spacial score (nSPS) is 31.9. The quantitative estimate of drug-likeness (QED) is 0.891. The van der Waals surface area contributed by atoms with Gasteiger partial charge in [0.15, 0.2) is 0 Å². The molecule has 5 nitrogen and oxygen atoms in total. The number of rotatable bonds is 4. The molecule has 1 aliphatic heterocycles. The fraction of sp³-hybridized carbons (Fsp3) is 0.647. The van der Waals surface area contributed by atoms with E-state index in [-0.39, 0.29) is 18.1 Å². The molecule has 1 aliphatic carbocycles.